The zero-order chi connectivity index (χ0) is 10.6. The molecule has 1 rings (SSSR count). The molecule has 0 aliphatic rings. The smallest absolute Gasteiger partial charge is 0.211 e. The highest BCUT2D eigenvalue weighted by molar-refractivity contribution is 7.10. The van der Waals surface area contributed by atoms with Gasteiger partial charge >= 0.3 is 0 Å². The molecule has 0 saturated carbocycles. The molecule has 14 heavy (non-hydrogen) atoms. The molecule has 0 spiro atoms. The highest BCUT2D eigenvalue weighted by atomic mass is 32.1. The lowest BCUT2D eigenvalue weighted by Gasteiger charge is -2.21. The van der Waals surface area contributed by atoms with Crippen LogP contribution in [0.4, 0.5) is 0 Å². The molecule has 0 aromatic carbocycles. The van der Waals surface area contributed by atoms with E-state index in [1.807, 2.05) is 0 Å². The summed E-state index contributed by atoms with van der Waals surface area (Å²) in [5.41, 5.74) is 2.25. The van der Waals surface area contributed by atoms with E-state index in [1.165, 1.54) is 4.88 Å². The average molecular weight is 226 g/mol. The number of hydrogen-bond acceptors (Lipinski definition) is 2. The van der Waals surface area contributed by atoms with Crippen molar-refractivity contribution in [1.82, 2.24) is 0 Å². The zero-order valence-electron chi connectivity index (χ0n) is 9.28. The summed E-state index contributed by atoms with van der Waals surface area (Å²) in [5, 5.41) is 2.09. The van der Waals surface area contributed by atoms with E-state index in [4.69, 9.17) is 4.43 Å². The van der Waals surface area contributed by atoms with Crippen molar-refractivity contribution in [1.29, 1.82) is 0 Å². The van der Waals surface area contributed by atoms with Gasteiger partial charge in [-0.05, 0) is 38.4 Å². The first-order chi connectivity index (χ1) is 6.49. The molecule has 0 saturated heterocycles. The molecular formula is C11H18OSSi. The minimum absolute atomic E-state index is 0.324. The minimum Gasteiger partial charge on any atom is -0.411 e. The fourth-order valence-electron chi connectivity index (χ4n) is 1.32. The topological polar surface area (TPSA) is 9.23 Å². The lowest BCUT2D eigenvalue weighted by atomic mass is 10.5. The second-order valence-corrected chi connectivity index (χ2v) is 8.87. The number of thiophene rings is 1. The first-order valence-corrected chi connectivity index (χ1v) is 8.77. The Kier molecular flexibility index (Phi) is 4.10. The molecule has 0 amide bonds. The van der Waals surface area contributed by atoms with Crippen molar-refractivity contribution in [2.24, 2.45) is 0 Å². The first kappa shape index (κ1) is 11.7. The Bertz CT molecular complexity index is 288. The predicted molar refractivity (Wildman–Crippen MR) is 67.1 cm³/mol. The second-order valence-electron chi connectivity index (χ2n) is 4.12. The van der Waals surface area contributed by atoms with E-state index in [-0.39, 0.29) is 0 Å². The Labute approximate surface area is 91.6 Å². The molecule has 1 heterocycles. The van der Waals surface area contributed by atoms with Gasteiger partial charge in [-0.1, -0.05) is 17.8 Å². The Morgan fingerprint density at radius 1 is 1.43 bits per heavy atom. The Morgan fingerprint density at radius 3 is 2.64 bits per heavy atom. The van der Waals surface area contributed by atoms with Crippen molar-refractivity contribution >= 4 is 25.7 Å². The maximum Gasteiger partial charge on any atom is 0.211 e. The van der Waals surface area contributed by atoms with Gasteiger partial charge in [0.05, 0.1) is 0 Å². The second kappa shape index (κ2) is 4.91. The van der Waals surface area contributed by atoms with Crippen molar-refractivity contribution in [3.63, 3.8) is 0 Å². The summed E-state index contributed by atoms with van der Waals surface area (Å²) in [7, 11) is -1.60. The van der Waals surface area contributed by atoms with Crippen molar-refractivity contribution in [3.05, 3.63) is 28.1 Å². The van der Waals surface area contributed by atoms with E-state index in [9.17, 15) is 0 Å². The third-order valence-electron chi connectivity index (χ3n) is 1.73. The molecule has 0 aliphatic carbocycles. The van der Waals surface area contributed by atoms with Crippen LogP contribution in [0, 0.1) is 0 Å². The van der Waals surface area contributed by atoms with Crippen LogP contribution in [0.15, 0.2) is 23.2 Å². The van der Waals surface area contributed by atoms with E-state index < -0.39 is 8.32 Å². The summed E-state index contributed by atoms with van der Waals surface area (Å²) in [6.45, 7) is 8.62. The van der Waals surface area contributed by atoms with Crippen molar-refractivity contribution < 1.29 is 4.43 Å². The zero-order valence-corrected chi connectivity index (χ0v) is 11.1. The fourth-order valence-corrected chi connectivity index (χ4v) is 3.93. The van der Waals surface area contributed by atoms with E-state index in [1.54, 1.807) is 11.3 Å². The van der Waals surface area contributed by atoms with Crippen LogP contribution in [0.1, 0.15) is 18.7 Å². The molecule has 0 radical (unpaired) electrons. The van der Waals surface area contributed by atoms with Crippen molar-refractivity contribution in [3.8, 4) is 0 Å². The molecule has 0 aliphatic heterocycles. The van der Waals surface area contributed by atoms with Crippen LogP contribution in [0.25, 0.3) is 6.08 Å². The highest BCUT2D eigenvalue weighted by Crippen LogP contribution is 2.15. The van der Waals surface area contributed by atoms with Crippen molar-refractivity contribution in [2.75, 3.05) is 0 Å². The van der Waals surface area contributed by atoms with Gasteiger partial charge in [0.1, 0.15) is 0 Å². The van der Waals surface area contributed by atoms with E-state index >= 15 is 0 Å². The standard InChI is InChI=1S/C11H18OSSi/c1-10(2)12-14(3,4)9-7-11-6-5-8-13-11/h5-10H,1-4H3/b9-7+. The molecule has 0 fully saturated rings. The third-order valence-corrected chi connectivity index (χ3v) is 4.62. The largest absolute Gasteiger partial charge is 0.411 e. The first-order valence-electron chi connectivity index (χ1n) is 4.90. The van der Waals surface area contributed by atoms with Crippen LogP contribution in [-0.4, -0.2) is 14.4 Å². The van der Waals surface area contributed by atoms with Gasteiger partial charge < -0.3 is 4.43 Å². The predicted octanol–water partition coefficient (Wildman–Crippen LogP) is 3.93. The van der Waals surface area contributed by atoms with Crippen LogP contribution >= 0.6 is 11.3 Å². The van der Waals surface area contributed by atoms with Gasteiger partial charge in [0, 0.05) is 11.0 Å². The monoisotopic (exact) mass is 226 g/mol. The summed E-state index contributed by atoms with van der Waals surface area (Å²) >= 11 is 1.76. The van der Waals surface area contributed by atoms with Crippen molar-refractivity contribution in [2.45, 2.75) is 33.0 Å². The molecule has 1 aromatic heterocycles. The molecule has 1 nitrogen and oxygen atoms in total. The van der Waals surface area contributed by atoms with Gasteiger partial charge in [0.25, 0.3) is 0 Å². The number of hydrogen-bond donors (Lipinski definition) is 0. The third kappa shape index (κ3) is 4.22. The quantitative estimate of drug-likeness (QED) is 0.707. The van der Waals surface area contributed by atoms with Gasteiger partial charge in [-0.2, -0.15) is 0 Å². The molecule has 0 unspecified atom stereocenters. The van der Waals surface area contributed by atoms with E-state index in [2.05, 4.69) is 56.2 Å². The van der Waals surface area contributed by atoms with Gasteiger partial charge in [-0.3, -0.25) is 0 Å². The van der Waals surface area contributed by atoms with Crippen LogP contribution in [-0.2, 0) is 4.43 Å². The average Bonchev–Trinajstić information content (AvgIpc) is 2.50. The van der Waals surface area contributed by atoms with Gasteiger partial charge in [-0.25, -0.2) is 0 Å². The molecule has 1 aromatic rings. The van der Waals surface area contributed by atoms with Crippen LogP contribution in [0.3, 0.4) is 0 Å². The van der Waals surface area contributed by atoms with Gasteiger partial charge in [-0.15, -0.1) is 11.3 Å². The van der Waals surface area contributed by atoms with Crippen LogP contribution in [0.2, 0.25) is 13.1 Å². The molecule has 3 heteroatoms. The molecular weight excluding hydrogens is 208 g/mol. The summed E-state index contributed by atoms with van der Waals surface area (Å²) in [5.74, 6) is 0. The lowest BCUT2D eigenvalue weighted by Crippen LogP contribution is -2.31. The summed E-state index contributed by atoms with van der Waals surface area (Å²) < 4.78 is 5.89. The Balaban J connectivity index is 2.58. The SMILES string of the molecule is CC(C)O[Si](C)(C)/C=C/c1cccs1. The summed E-state index contributed by atoms with van der Waals surface area (Å²) in [6, 6.07) is 4.20. The van der Waals surface area contributed by atoms with Gasteiger partial charge in [0.2, 0.25) is 8.32 Å². The molecule has 0 bridgehead atoms. The van der Waals surface area contributed by atoms with Crippen LogP contribution in [0.5, 0.6) is 0 Å². The summed E-state index contributed by atoms with van der Waals surface area (Å²) in [6.07, 6.45) is 2.50. The van der Waals surface area contributed by atoms with E-state index in [0.717, 1.165) is 0 Å². The molecule has 0 N–H and O–H groups in total. The van der Waals surface area contributed by atoms with E-state index in [0.29, 0.717) is 6.10 Å². The fraction of sp³-hybridized carbons (Fsp3) is 0.455. The van der Waals surface area contributed by atoms with Crippen LogP contribution < -0.4 is 0 Å². The number of rotatable bonds is 4. The summed E-state index contributed by atoms with van der Waals surface area (Å²) in [4.78, 5) is 1.30. The Hall–Kier alpha value is -0.383. The maximum atomic E-state index is 5.89. The normalized spacial score (nSPS) is 12.9. The molecule has 78 valence electrons. The maximum absolute atomic E-state index is 5.89. The minimum atomic E-state index is -1.60. The molecule has 0 atom stereocenters. The Morgan fingerprint density at radius 2 is 2.14 bits per heavy atom. The lowest BCUT2D eigenvalue weighted by molar-refractivity contribution is 0.238. The highest BCUT2D eigenvalue weighted by Gasteiger charge is 2.19. The van der Waals surface area contributed by atoms with Gasteiger partial charge in [0.15, 0.2) is 0 Å².